The van der Waals surface area contributed by atoms with E-state index in [1.807, 2.05) is 19.4 Å². The van der Waals surface area contributed by atoms with Crippen molar-refractivity contribution in [3.05, 3.63) is 30.4 Å². The first-order valence-corrected chi connectivity index (χ1v) is 8.35. The highest BCUT2D eigenvalue weighted by Crippen LogP contribution is 2.27. The molecule has 3 rings (SSSR count). The van der Waals surface area contributed by atoms with Gasteiger partial charge in [-0.1, -0.05) is 19.1 Å². The molecule has 2 aliphatic rings. The number of hydrogen-bond acceptors (Lipinski definition) is 3. The van der Waals surface area contributed by atoms with Crippen LogP contribution in [0.5, 0.6) is 0 Å². The Bertz CT molecular complexity index is 551. The van der Waals surface area contributed by atoms with Crippen LogP contribution in [-0.4, -0.2) is 51.4 Å². The largest absolute Gasteiger partial charge is 0.339 e. The Morgan fingerprint density at radius 2 is 2.23 bits per heavy atom. The van der Waals surface area contributed by atoms with Crippen molar-refractivity contribution in [2.75, 3.05) is 26.2 Å². The highest BCUT2D eigenvalue weighted by Gasteiger charge is 2.34. The van der Waals surface area contributed by atoms with Crippen molar-refractivity contribution >= 4 is 5.91 Å². The van der Waals surface area contributed by atoms with Crippen LogP contribution in [0.3, 0.4) is 0 Å². The van der Waals surface area contributed by atoms with Crippen LogP contribution in [0, 0.1) is 5.92 Å². The maximum absolute atomic E-state index is 12.8. The highest BCUT2D eigenvalue weighted by atomic mass is 16.2. The number of piperazine rings is 1. The molecule has 0 radical (unpaired) electrons. The Balaban J connectivity index is 1.74. The van der Waals surface area contributed by atoms with Crippen LogP contribution in [-0.2, 0) is 11.8 Å². The van der Waals surface area contributed by atoms with Gasteiger partial charge in [-0.2, -0.15) is 0 Å². The van der Waals surface area contributed by atoms with Gasteiger partial charge in [-0.15, -0.1) is 0 Å². The monoisotopic (exact) mass is 302 g/mol. The summed E-state index contributed by atoms with van der Waals surface area (Å²) in [5.74, 6) is 1.57. The molecule has 0 spiro atoms. The van der Waals surface area contributed by atoms with Crippen LogP contribution in [0.15, 0.2) is 24.5 Å². The Labute approximate surface area is 132 Å². The second-order valence-corrected chi connectivity index (χ2v) is 6.31. The predicted molar refractivity (Wildman–Crippen MR) is 86.3 cm³/mol. The van der Waals surface area contributed by atoms with Crippen molar-refractivity contribution in [3.63, 3.8) is 0 Å². The molecule has 0 unspecified atom stereocenters. The lowest BCUT2D eigenvalue weighted by Crippen LogP contribution is -2.52. The van der Waals surface area contributed by atoms with E-state index in [1.54, 1.807) is 0 Å². The highest BCUT2D eigenvalue weighted by molar-refractivity contribution is 5.79. The van der Waals surface area contributed by atoms with Gasteiger partial charge < -0.3 is 9.47 Å². The van der Waals surface area contributed by atoms with Gasteiger partial charge in [0, 0.05) is 45.0 Å². The summed E-state index contributed by atoms with van der Waals surface area (Å²) in [7, 11) is 2.03. The fraction of sp³-hybridized carbons (Fsp3) is 0.647. The summed E-state index contributed by atoms with van der Waals surface area (Å²) in [5.41, 5.74) is 0. The van der Waals surface area contributed by atoms with Crippen molar-refractivity contribution < 1.29 is 4.79 Å². The van der Waals surface area contributed by atoms with E-state index in [2.05, 4.69) is 38.4 Å². The summed E-state index contributed by atoms with van der Waals surface area (Å²) in [6.07, 6.45) is 11.1. The number of carbonyl (C=O) groups excluding carboxylic acids is 1. The Kier molecular flexibility index (Phi) is 4.62. The molecule has 5 heteroatoms. The van der Waals surface area contributed by atoms with Crippen LogP contribution >= 0.6 is 0 Å². The summed E-state index contributed by atoms with van der Waals surface area (Å²) >= 11 is 0. The minimum atomic E-state index is 0.181. The van der Waals surface area contributed by atoms with Crippen molar-refractivity contribution in [2.24, 2.45) is 13.0 Å². The Morgan fingerprint density at radius 3 is 2.86 bits per heavy atom. The van der Waals surface area contributed by atoms with Gasteiger partial charge in [-0.05, 0) is 25.8 Å². The lowest BCUT2D eigenvalue weighted by Gasteiger charge is -2.41. The average Bonchev–Trinajstić information content (AvgIpc) is 3.00. The molecule has 0 saturated carbocycles. The molecule has 120 valence electrons. The predicted octanol–water partition coefficient (Wildman–Crippen LogP) is 1.98. The van der Waals surface area contributed by atoms with Crippen LogP contribution < -0.4 is 0 Å². The molecular weight excluding hydrogens is 276 g/mol. The number of rotatable bonds is 3. The molecule has 1 aliphatic heterocycles. The smallest absolute Gasteiger partial charge is 0.226 e. The molecule has 2 heterocycles. The second-order valence-electron chi connectivity index (χ2n) is 6.31. The minimum Gasteiger partial charge on any atom is -0.339 e. The van der Waals surface area contributed by atoms with E-state index in [9.17, 15) is 4.79 Å². The van der Waals surface area contributed by atoms with E-state index < -0.39 is 0 Å². The standard InChI is InChI=1S/C17H26N4O/c1-3-20-11-12-21(17(22)14-7-5-4-6-8-14)13-15(20)16-18-9-10-19(16)2/h4-5,9-10,14-15H,3,6-8,11-13H2,1-2H3/t14-,15-/m1/s1. The zero-order valence-electron chi connectivity index (χ0n) is 13.6. The van der Waals surface area contributed by atoms with Gasteiger partial charge in [-0.25, -0.2) is 4.98 Å². The number of likely N-dealkylation sites (N-methyl/N-ethyl adjacent to an activating group) is 1. The average molecular weight is 302 g/mol. The molecule has 5 nitrogen and oxygen atoms in total. The fourth-order valence-electron chi connectivity index (χ4n) is 3.62. The van der Waals surface area contributed by atoms with Gasteiger partial charge in [0.15, 0.2) is 0 Å². The van der Waals surface area contributed by atoms with Gasteiger partial charge in [0.25, 0.3) is 0 Å². The van der Waals surface area contributed by atoms with Gasteiger partial charge in [0.2, 0.25) is 5.91 Å². The molecule has 0 N–H and O–H groups in total. The fourth-order valence-corrected chi connectivity index (χ4v) is 3.62. The minimum absolute atomic E-state index is 0.181. The van der Waals surface area contributed by atoms with Crippen LogP contribution in [0.1, 0.15) is 38.1 Å². The number of allylic oxidation sites excluding steroid dienone is 2. The molecule has 1 fully saturated rings. The topological polar surface area (TPSA) is 41.4 Å². The van der Waals surface area contributed by atoms with Crippen LogP contribution in [0.2, 0.25) is 0 Å². The van der Waals surface area contributed by atoms with Gasteiger partial charge in [0.05, 0.1) is 6.04 Å². The molecule has 2 atom stereocenters. The maximum Gasteiger partial charge on any atom is 0.226 e. The van der Waals surface area contributed by atoms with E-state index in [0.29, 0.717) is 5.91 Å². The van der Waals surface area contributed by atoms with Crippen molar-refractivity contribution in [3.8, 4) is 0 Å². The number of amides is 1. The molecule has 1 saturated heterocycles. The first-order valence-electron chi connectivity index (χ1n) is 8.35. The molecule has 1 aliphatic carbocycles. The third kappa shape index (κ3) is 2.95. The molecular formula is C17H26N4O. The number of imidazole rings is 1. The molecule has 0 aromatic carbocycles. The third-order valence-corrected chi connectivity index (χ3v) is 4.98. The third-order valence-electron chi connectivity index (χ3n) is 4.98. The Morgan fingerprint density at radius 1 is 1.36 bits per heavy atom. The number of aromatic nitrogens is 2. The Hall–Kier alpha value is -1.62. The van der Waals surface area contributed by atoms with E-state index in [4.69, 9.17) is 0 Å². The number of carbonyl (C=O) groups is 1. The van der Waals surface area contributed by atoms with Gasteiger partial charge in [0.1, 0.15) is 5.82 Å². The van der Waals surface area contributed by atoms with E-state index in [1.165, 1.54) is 0 Å². The summed E-state index contributed by atoms with van der Waals surface area (Å²) in [6, 6.07) is 0.210. The van der Waals surface area contributed by atoms with Crippen molar-refractivity contribution in [2.45, 2.75) is 32.2 Å². The quantitative estimate of drug-likeness (QED) is 0.802. The summed E-state index contributed by atoms with van der Waals surface area (Å²) in [6.45, 7) is 5.71. The molecule has 0 bridgehead atoms. The lowest BCUT2D eigenvalue weighted by molar-refractivity contribution is -0.139. The molecule has 22 heavy (non-hydrogen) atoms. The molecule has 1 aromatic rings. The second kappa shape index (κ2) is 6.65. The first kappa shape index (κ1) is 15.3. The van der Waals surface area contributed by atoms with Gasteiger partial charge >= 0.3 is 0 Å². The lowest BCUT2D eigenvalue weighted by atomic mass is 9.92. The zero-order valence-corrected chi connectivity index (χ0v) is 13.6. The summed E-state index contributed by atoms with van der Waals surface area (Å²) < 4.78 is 2.07. The zero-order chi connectivity index (χ0) is 15.5. The number of aryl methyl sites for hydroxylation is 1. The van der Waals surface area contributed by atoms with Crippen LogP contribution in [0.25, 0.3) is 0 Å². The van der Waals surface area contributed by atoms with E-state index in [-0.39, 0.29) is 12.0 Å². The number of nitrogens with zero attached hydrogens (tertiary/aromatic N) is 4. The maximum atomic E-state index is 12.8. The van der Waals surface area contributed by atoms with E-state index in [0.717, 1.165) is 51.3 Å². The molecule has 1 aromatic heterocycles. The van der Waals surface area contributed by atoms with Crippen molar-refractivity contribution in [1.29, 1.82) is 0 Å². The normalized spacial score (nSPS) is 26.4. The SMILES string of the molecule is CCN1CCN(C(=O)[C@@H]2CC=CCC2)C[C@@H]1c1nccn1C. The first-order chi connectivity index (χ1) is 10.7. The summed E-state index contributed by atoms with van der Waals surface area (Å²) in [4.78, 5) is 21.8. The number of hydrogen-bond donors (Lipinski definition) is 0. The van der Waals surface area contributed by atoms with Gasteiger partial charge in [-0.3, -0.25) is 9.69 Å². The summed E-state index contributed by atoms with van der Waals surface area (Å²) in [5, 5.41) is 0. The van der Waals surface area contributed by atoms with Crippen LogP contribution in [0.4, 0.5) is 0 Å². The van der Waals surface area contributed by atoms with E-state index >= 15 is 0 Å². The van der Waals surface area contributed by atoms with Crippen molar-refractivity contribution in [1.82, 2.24) is 19.4 Å². The molecule has 1 amide bonds.